The van der Waals surface area contributed by atoms with Gasteiger partial charge in [0, 0.05) is 21.9 Å². The first-order valence-corrected chi connectivity index (χ1v) is 12.1. The number of anilines is 2. The predicted octanol–water partition coefficient (Wildman–Crippen LogP) is 5.81. The molecule has 2 aromatic heterocycles. The molecular weight excluding hydrogens is 450 g/mol. The molecule has 4 aromatic rings. The Balaban J connectivity index is 1.41. The lowest BCUT2D eigenvalue weighted by atomic mass is 10.1. The van der Waals surface area contributed by atoms with E-state index in [0.717, 1.165) is 15.3 Å². The first kappa shape index (κ1) is 22.5. The van der Waals surface area contributed by atoms with Crippen LogP contribution in [0.3, 0.4) is 0 Å². The fraction of sp³-hybridized carbons (Fsp3) is 0.0769. The van der Waals surface area contributed by atoms with E-state index in [4.69, 9.17) is 5.73 Å². The maximum Gasteiger partial charge on any atom is 0.255 e. The van der Waals surface area contributed by atoms with Crippen molar-refractivity contribution in [2.24, 2.45) is 0 Å². The van der Waals surface area contributed by atoms with Gasteiger partial charge in [0.25, 0.3) is 11.8 Å². The van der Waals surface area contributed by atoms with Crippen molar-refractivity contribution in [1.29, 1.82) is 0 Å². The van der Waals surface area contributed by atoms with E-state index in [2.05, 4.69) is 22.1 Å². The molecule has 7 heteroatoms. The molecule has 0 aliphatic heterocycles. The van der Waals surface area contributed by atoms with Gasteiger partial charge >= 0.3 is 0 Å². The number of amides is 2. The quantitative estimate of drug-likeness (QED) is 0.234. The number of carbonyl (C=O) groups is 2. The highest BCUT2D eigenvalue weighted by molar-refractivity contribution is 7.12. The fourth-order valence-corrected chi connectivity index (χ4v) is 4.78. The van der Waals surface area contributed by atoms with Crippen LogP contribution < -0.4 is 16.4 Å². The second-order valence-corrected chi connectivity index (χ2v) is 9.37. The van der Waals surface area contributed by atoms with Crippen LogP contribution in [0.15, 0.2) is 77.5 Å². The minimum absolute atomic E-state index is 0.134. The van der Waals surface area contributed by atoms with E-state index >= 15 is 0 Å². The van der Waals surface area contributed by atoms with Crippen molar-refractivity contribution in [3.05, 3.63) is 104 Å². The molecule has 0 unspecified atom stereocenters. The fourth-order valence-electron chi connectivity index (χ4n) is 3.21. The Morgan fingerprint density at radius 2 is 1.79 bits per heavy atom. The predicted molar refractivity (Wildman–Crippen MR) is 138 cm³/mol. The van der Waals surface area contributed by atoms with Crippen molar-refractivity contribution in [3.63, 3.8) is 0 Å². The Bertz CT molecular complexity index is 1290. The molecule has 0 bridgehead atoms. The second-order valence-electron chi connectivity index (χ2n) is 7.48. The molecule has 33 heavy (non-hydrogen) atoms. The molecule has 0 fully saturated rings. The number of rotatable bonds is 7. The van der Waals surface area contributed by atoms with Crippen LogP contribution in [-0.4, -0.2) is 11.8 Å². The van der Waals surface area contributed by atoms with Crippen molar-refractivity contribution in [1.82, 2.24) is 5.32 Å². The molecule has 0 spiro atoms. The number of para-hydroxylation sites is 2. The molecule has 0 aliphatic carbocycles. The summed E-state index contributed by atoms with van der Waals surface area (Å²) in [6.07, 6.45) is 1.93. The third-order valence-electron chi connectivity index (χ3n) is 4.95. The van der Waals surface area contributed by atoms with Crippen LogP contribution in [0.25, 0.3) is 11.6 Å². The highest BCUT2D eigenvalue weighted by Crippen LogP contribution is 2.26. The largest absolute Gasteiger partial charge is 0.397 e. The van der Waals surface area contributed by atoms with Crippen molar-refractivity contribution in [2.75, 3.05) is 11.1 Å². The van der Waals surface area contributed by atoms with E-state index in [0.29, 0.717) is 29.1 Å². The zero-order chi connectivity index (χ0) is 23.2. The first-order valence-electron chi connectivity index (χ1n) is 10.3. The highest BCUT2D eigenvalue weighted by atomic mass is 32.1. The molecule has 2 amide bonds. The number of carbonyl (C=O) groups excluding carboxylic acids is 2. The summed E-state index contributed by atoms with van der Waals surface area (Å²) < 4.78 is 0. The molecule has 166 valence electrons. The maximum atomic E-state index is 13.0. The van der Waals surface area contributed by atoms with Crippen LogP contribution in [0.2, 0.25) is 0 Å². The van der Waals surface area contributed by atoms with Crippen molar-refractivity contribution < 1.29 is 9.59 Å². The Morgan fingerprint density at radius 1 is 1.00 bits per heavy atom. The number of nitrogens with two attached hydrogens (primary N) is 1. The minimum Gasteiger partial charge on any atom is -0.397 e. The average molecular weight is 474 g/mol. The summed E-state index contributed by atoms with van der Waals surface area (Å²) in [6, 6.07) is 20.2. The van der Waals surface area contributed by atoms with E-state index in [-0.39, 0.29) is 11.8 Å². The lowest BCUT2D eigenvalue weighted by molar-refractivity contribution is -0.115. The van der Waals surface area contributed by atoms with Crippen molar-refractivity contribution in [3.8, 4) is 0 Å². The summed E-state index contributed by atoms with van der Waals surface area (Å²) in [5, 5.41) is 9.84. The summed E-state index contributed by atoms with van der Waals surface area (Å²) in [5.41, 5.74) is 10.2. The molecular formula is C26H23N3O2S2. The van der Waals surface area contributed by atoms with Gasteiger partial charge in [-0.15, -0.1) is 22.7 Å². The molecule has 0 radical (unpaired) electrons. The summed E-state index contributed by atoms with van der Waals surface area (Å²) in [5.74, 6) is -0.373. The van der Waals surface area contributed by atoms with Gasteiger partial charge in [0.2, 0.25) is 0 Å². The Labute approximate surface area is 200 Å². The molecule has 4 rings (SSSR count). The summed E-state index contributed by atoms with van der Waals surface area (Å²) >= 11 is 3.15. The van der Waals surface area contributed by atoms with E-state index in [1.165, 1.54) is 16.9 Å². The average Bonchev–Trinajstić information content (AvgIpc) is 3.49. The number of hydrogen-bond donors (Lipinski definition) is 3. The van der Waals surface area contributed by atoms with Crippen LogP contribution in [0, 0.1) is 6.92 Å². The van der Waals surface area contributed by atoms with Gasteiger partial charge < -0.3 is 16.4 Å². The molecule has 0 saturated carbocycles. The molecule has 0 saturated heterocycles. The number of hydrogen-bond acceptors (Lipinski definition) is 5. The topological polar surface area (TPSA) is 84.2 Å². The molecule has 2 aromatic carbocycles. The smallest absolute Gasteiger partial charge is 0.255 e. The SMILES string of the molecule is Cc1csc(C=C(C(=O)NCc2ccc(C(=O)Nc3ccccc3N)cc2)c2cccs2)c1. The van der Waals surface area contributed by atoms with Crippen LogP contribution in [0.4, 0.5) is 11.4 Å². The number of nitrogen functional groups attached to an aromatic ring is 1. The Morgan fingerprint density at radius 3 is 2.45 bits per heavy atom. The number of thiophene rings is 2. The van der Waals surface area contributed by atoms with Gasteiger partial charge in [0.15, 0.2) is 0 Å². The number of aryl methyl sites for hydroxylation is 1. The van der Waals surface area contributed by atoms with Gasteiger partial charge in [0.05, 0.1) is 16.9 Å². The standard InChI is InChI=1S/C26H23N3O2S2/c1-17-13-20(33-16-17)14-21(24-7-4-12-32-24)26(31)28-15-18-8-10-19(11-9-18)25(30)29-23-6-3-2-5-22(23)27/h2-14,16H,15,27H2,1H3,(H,28,31)(H,29,30). The van der Waals surface area contributed by atoms with Gasteiger partial charge in [-0.2, -0.15) is 0 Å². The molecule has 4 N–H and O–H groups in total. The van der Waals surface area contributed by atoms with Gasteiger partial charge in [-0.25, -0.2) is 0 Å². The highest BCUT2D eigenvalue weighted by Gasteiger charge is 2.14. The van der Waals surface area contributed by atoms with E-state index in [9.17, 15) is 9.59 Å². The zero-order valence-electron chi connectivity index (χ0n) is 18.0. The van der Waals surface area contributed by atoms with Gasteiger partial charge in [-0.3, -0.25) is 9.59 Å². The summed E-state index contributed by atoms with van der Waals surface area (Å²) in [4.78, 5) is 27.5. The third kappa shape index (κ3) is 5.77. The van der Waals surface area contributed by atoms with Gasteiger partial charge in [-0.05, 0) is 71.3 Å². The Kier molecular flexibility index (Phi) is 7.02. The van der Waals surface area contributed by atoms with E-state index in [1.807, 2.05) is 54.8 Å². The maximum absolute atomic E-state index is 13.0. The van der Waals surface area contributed by atoms with Crippen LogP contribution in [0.5, 0.6) is 0 Å². The summed E-state index contributed by atoms with van der Waals surface area (Å²) in [6.45, 7) is 2.40. The van der Waals surface area contributed by atoms with Crippen LogP contribution in [-0.2, 0) is 11.3 Å². The lowest BCUT2D eigenvalue weighted by Gasteiger charge is -2.10. The van der Waals surface area contributed by atoms with Crippen LogP contribution >= 0.6 is 22.7 Å². The minimum atomic E-state index is -0.238. The van der Waals surface area contributed by atoms with Gasteiger partial charge in [0.1, 0.15) is 0 Å². The second kappa shape index (κ2) is 10.3. The van der Waals surface area contributed by atoms with Crippen LogP contribution in [0.1, 0.15) is 31.2 Å². The zero-order valence-corrected chi connectivity index (χ0v) is 19.6. The Hall–Kier alpha value is -3.68. The molecule has 5 nitrogen and oxygen atoms in total. The molecule has 0 aliphatic rings. The first-order chi connectivity index (χ1) is 16.0. The molecule has 0 atom stereocenters. The van der Waals surface area contributed by atoms with E-state index in [1.54, 1.807) is 35.6 Å². The lowest BCUT2D eigenvalue weighted by Crippen LogP contribution is -2.23. The number of benzene rings is 2. The normalized spacial score (nSPS) is 11.2. The third-order valence-corrected chi connectivity index (χ3v) is 6.85. The number of nitrogens with one attached hydrogen (secondary N) is 2. The van der Waals surface area contributed by atoms with Crippen molar-refractivity contribution >= 4 is 57.5 Å². The molecule has 2 heterocycles. The summed E-state index contributed by atoms with van der Waals surface area (Å²) in [7, 11) is 0. The van der Waals surface area contributed by atoms with Crippen molar-refractivity contribution in [2.45, 2.75) is 13.5 Å². The van der Waals surface area contributed by atoms with Gasteiger partial charge in [-0.1, -0.05) is 30.3 Å². The van der Waals surface area contributed by atoms with E-state index < -0.39 is 0 Å². The monoisotopic (exact) mass is 473 g/mol.